The van der Waals surface area contributed by atoms with Gasteiger partial charge in [-0.2, -0.15) is 0 Å². The van der Waals surface area contributed by atoms with Crippen molar-refractivity contribution in [1.82, 2.24) is 4.90 Å². The molecule has 1 aromatic rings. The average molecular weight is 289 g/mol. The van der Waals surface area contributed by atoms with Crippen molar-refractivity contribution in [2.24, 2.45) is 5.92 Å². The summed E-state index contributed by atoms with van der Waals surface area (Å²) in [6.07, 6.45) is 4.06. The van der Waals surface area contributed by atoms with E-state index in [1.165, 1.54) is 25.9 Å². The summed E-state index contributed by atoms with van der Waals surface area (Å²) in [5.74, 6) is 0.935. The van der Waals surface area contributed by atoms with E-state index in [2.05, 4.69) is 17.1 Å². The number of carbonyl (C=O) groups excluding carboxylic acids is 1. The molecule has 1 amide bonds. The highest BCUT2D eigenvalue weighted by molar-refractivity contribution is 5.92. The van der Waals surface area contributed by atoms with E-state index in [0.29, 0.717) is 6.42 Å². The Morgan fingerprint density at radius 2 is 2.10 bits per heavy atom. The molecule has 0 aromatic heterocycles. The lowest BCUT2D eigenvalue weighted by Gasteiger charge is -2.30. The van der Waals surface area contributed by atoms with Gasteiger partial charge in [-0.3, -0.25) is 4.79 Å². The molecule has 0 saturated carbocycles. The Hall–Kier alpha value is -1.55. The predicted octanol–water partition coefficient (Wildman–Crippen LogP) is 3.03. The second-order valence-electron chi connectivity index (χ2n) is 6.20. The van der Waals surface area contributed by atoms with E-state index in [9.17, 15) is 4.79 Å². The number of nitrogens with one attached hydrogen (secondary N) is 1. The summed E-state index contributed by atoms with van der Waals surface area (Å²) in [6.45, 7) is 7.63. The van der Waals surface area contributed by atoms with Gasteiger partial charge in [0.1, 0.15) is 0 Å². The predicted molar refractivity (Wildman–Crippen MR) is 88.3 cm³/mol. The molecular weight excluding hydrogens is 262 g/mol. The molecule has 0 atom stereocenters. The van der Waals surface area contributed by atoms with Crippen LogP contribution in [0.1, 0.15) is 38.2 Å². The standard InChI is InChI=1S/C17H27N3O/c1-13-8-11-20(12-9-13)10-4-7-17(21)19-16-6-3-5-15(18)14(16)2/h3,5-6,13H,4,7-12,18H2,1-2H3,(H,19,21). The Morgan fingerprint density at radius 1 is 1.38 bits per heavy atom. The van der Waals surface area contributed by atoms with Gasteiger partial charge in [-0.15, -0.1) is 0 Å². The van der Waals surface area contributed by atoms with Crippen molar-refractivity contribution in [2.45, 2.75) is 39.5 Å². The van der Waals surface area contributed by atoms with Gasteiger partial charge in [0.25, 0.3) is 0 Å². The minimum absolute atomic E-state index is 0.0778. The molecule has 0 bridgehead atoms. The zero-order valence-corrected chi connectivity index (χ0v) is 13.2. The van der Waals surface area contributed by atoms with Crippen LogP contribution in [0.4, 0.5) is 11.4 Å². The molecule has 0 radical (unpaired) electrons. The first kappa shape index (κ1) is 15.8. The monoisotopic (exact) mass is 289 g/mol. The molecule has 1 heterocycles. The number of carbonyl (C=O) groups is 1. The second kappa shape index (κ2) is 7.46. The van der Waals surface area contributed by atoms with Gasteiger partial charge in [0.05, 0.1) is 0 Å². The maximum atomic E-state index is 12.0. The Bertz CT molecular complexity index is 479. The van der Waals surface area contributed by atoms with E-state index in [1.807, 2.05) is 25.1 Å². The number of nitrogens with zero attached hydrogens (tertiary/aromatic N) is 1. The SMILES string of the molecule is Cc1c(N)cccc1NC(=O)CCCN1CCC(C)CC1. The van der Waals surface area contributed by atoms with Crippen molar-refractivity contribution in [3.8, 4) is 0 Å². The summed E-state index contributed by atoms with van der Waals surface area (Å²) in [4.78, 5) is 14.5. The van der Waals surface area contributed by atoms with Gasteiger partial charge < -0.3 is 16.0 Å². The van der Waals surface area contributed by atoms with Crippen LogP contribution in [-0.4, -0.2) is 30.4 Å². The number of hydrogen-bond donors (Lipinski definition) is 2. The first-order valence-corrected chi connectivity index (χ1v) is 7.93. The molecule has 1 aliphatic rings. The summed E-state index contributed by atoms with van der Waals surface area (Å²) in [5.41, 5.74) is 8.33. The molecule has 0 unspecified atom stereocenters. The van der Waals surface area contributed by atoms with Crippen LogP contribution < -0.4 is 11.1 Å². The molecule has 2 rings (SSSR count). The number of piperidine rings is 1. The molecule has 116 valence electrons. The fourth-order valence-corrected chi connectivity index (χ4v) is 2.75. The lowest BCUT2D eigenvalue weighted by molar-refractivity contribution is -0.116. The van der Waals surface area contributed by atoms with E-state index >= 15 is 0 Å². The minimum Gasteiger partial charge on any atom is -0.398 e. The minimum atomic E-state index is 0.0778. The zero-order valence-electron chi connectivity index (χ0n) is 13.2. The van der Waals surface area contributed by atoms with Crippen LogP contribution in [0.25, 0.3) is 0 Å². The highest BCUT2D eigenvalue weighted by Gasteiger charge is 2.15. The van der Waals surface area contributed by atoms with Crippen LogP contribution in [0.2, 0.25) is 0 Å². The van der Waals surface area contributed by atoms with Crippen LogP contribution in [0.15, 0.2) is 18.2 Å². The summed E-state index contributed by atoms with van der Waals surface area (Å²) >= 11 is 0. The van der Waals surface area contributed by atoms with E-state index in [4.69, 9.17) is 5.73 Å². The molecule has 1 saturated heterocycles. The van der Waals surface area contributed by atoms with Gasteiger partial charge in [0.2, 0.25) is 5.91 Å². The van der Waals surface area contributed by atoms with Crippen molar-refractivity contribution < 1.29 is 4.79 Å². The van der Waals surface area contributed by atoms with Crippen LogP contribution in [0, 0.1) is 12.8 Å². The van der Waals surface area contributed by atoms with E-state index in [0.717, 1.165) is 35.8 Å². The fraction of sp³-hybridized carbons (Fsp3) is 0.588. The van der Waals surface area contributed by atoms with Gasteiger partial charge in [0.15, 0.2) is 0 Å². The van der Waals surface area contributed by atoms with Crippen molar-refractivity contribution in [2.75, 3.05) is 30.7 Å². The first-order chi connectivity index (χ1) is 10.1. The molecule has 1 aromatic carbocycles. The van der Waals surface area contributed by atoms with Crippen molar-refractivity contribution in [3.63, 3.8) is 0 Å². The molecule has 0 spiro atoms. The van der Waals surface area contributed by atoms with Crippen LogP contribution in [-0.2, 0) is 4.79 Å². The van der Waals surface area contributed by atoms with Crippen LogP contribution in [0.5, 0.6) is 0 Å². The number of hydrogen-bond acceptors (Lipinski definition) is 3. The number of likely N-dealkylation sites (tertiary alicyclic amines) is 1. The Labute approximate surface area is 127 Å². The number of amides is 1. The number of rotatable bonds is 5. The molecule has 0 aliphatic carbocycles. The van der Waals surface area contributed by atoms with E-state index in [1.54, 1.807) is 0 Å². The molecule has 4 nitrogen and oxygen atoms in total. The van der Waals surface area contributed by atoms with Gasteiger partial charge >= 0.3 is 0 Å². The Kier molecular flexibility index (Phi) is 5.62. The van der Waals surface area contributed by atoms with Gasteiger partial charge in [-0.05, 0) is 69.4 Å². The number of anilines is 2. The largest absolute Gasteiger partial charge is 0.398 e. The molecule has 1 aliphatic heterocycles. The lowest BCUT2D eigenvalue weighted by atomic mass is 9.99. The first-order valence-electron chi connectivity index (χ1n) is 7.93. The molecule has 4 heteroatoms. The number of nitrogens with two attached hydrogens (primary N) is 1. The third-order valence-electron chi connectivity index (χ3n) is 4.40. The quantitative estimate of drug-likeness (QED) is 0.819. The van der Waals surface area contributed by atoms with Crippen molar-refractivity contribution >= 4 is 17.3 Å². The maximum Gasteiger partial charge on any atom is 0.224 e. The normalized spacial score (nSPS) is 16.9. The third kappa shape index (κ3) is 4.74. The Balaban J connectivity index is 1.71. The van der Waals surface area contributed by atoms with Gasteiger partial charge in [-0.1, -0.05) is 13.0 Å². The highest BCUT2D eigenvalue weighted by Crippen LogP contribution is 2.21. The highest BCUT2D eigenvalue weighted by atomic mass is 16.1. The van der Waals surface area contributed by atoms with Crippen molar-refractivity contribution in [1.29, 1.82) is 0 Å². The summed E-state index contributed by atoms with van der Waals surface area (Å²) < 4.78 is 0. The second-order valence-corrected chi connectivity index (χ2v) is 6.20. The average Bonchev–Trinajstić information content (AvgIpc) is 2.46. The lowest BCUT2D eigenvalue weighted by Crippen LogP contribution is -2.34. The maximum absolute atomic E-state index is 12.0. The van der Waals surface area contributed by atoms with E-state index < -0.39 is 0 Å². The molecule has 3 N–H and O–H groups in total. The Morgan fingerprint density at radius 3 is 2.81 bits per heavy atom. The van der Waals surface area contributed by atoms with Crippen LogP contribution in [0.3, 0.4) is 0 Å². The molecule has 21 heavy (non-hydrogen) atoms. The van der Waals surface area contributed by atoms with Crippen LogP contribution >= 0.6 is 0 Å². The number of nitrogen functional groups attached to an aromatic ring is 1. The fourth-order valence-electron chi connectivity index (χ4n) is 2.75. The number of benzene rings is 1. The molecular formula is C17H27N3O. The summed E-state index contributed by atoms with van der Waals surface area (Å²) in [6, 6.07) is 5.62. The summed E-state index contributed by atoms with van der Waals surface area (Å²) in [7, 11) is 0. The van der Waals surface area contributed by atoms with Crippen molar-refractivity contribution in [3.05, 3.63) is 23.8 Å². The summed E-state index contributed by atoms with van der Waals surface area (Å²) in [5, 5.41) is 2.96. The van der Waals surface area contributed by atoms with E-state index in [-0.39, 0.29) is 5.91 Å². The molecule has 1 fully saturated rings. The smallest absolute Gasteiger partial charge is 0.224 e. The van der Waals surface area contributed by atoms with Gasteiger partial charge in [-0.25, -0.2) is 0 Å². The zero-order chi connectivity index (χ0) is 15.2. The third-order valence-corrected chi connectivity index (χ3v) is 4.40. The van der Waals surface area contributed by atoms with Gasteiger partial charge in [0, 0.05) is 17.8 Å². The topological polar surface area (TPSA) is 58.4 Å².